The molecule has 0 radical (unpaired) electrons. The molecule has 0 amide bonds. The van der Waals surface area contributed by atoms with Crippen LogP contribution in [0.25, 0.3) is 0 Å². The fourth-order valence-electron chi connectivity index (χ4n) is 2.52. The second-order valence-electron chi connectivity index (χ2n) is 5.68. The molecule has 3 nitrogen and oxygen atoms in total. The van der Waals surface area contributed by atoms with Crippen LogP contribution in [0.1, 0.15) is 32.4 Å². The molecule has 1 aromatic carbocycles. The van der Waals surface area contributed by atoms with Crippen LogP contribution in [-0.4, -0.2) is 32.1 Å². The van der Waals surface area contributed by atoms with E-state index in [2.05, 4.69) is 18.7 Å². The van der Waals surface area contributed by atoms with Crippen LogP contribution in [0, 0.1) is 11.2 Å². The molecule has 0 aliphatic rings. The molecule has 19 heavy (non-hydrogen) atoms. The van der Waals surface area contributed by atoms with Gasteiger partial charge in [-0.05, 0) is 50.7 Å². The number of nitrogens with two attached hydrogens (primary N) is 1. The quantitative estimate of drug-likeness (QED) is 0.862. The Morgan fingerprint density at radius 2 is 2.00 bits per heavy atom. The third-order valence-corrected chi connectivity index (χ3v) is 3.35. The Morgan fingerprint density at radius 1 is 1.37 bits per heavy atom. The molecule has 0 heterocycles. The SMILES string of the molecule is CCOc1ccc(C(N(C)C)C(C)(C)CN)cc1F. The first-order chi connectivity index (χ1) is 8.83. The Bertz CT molecular complexity index is 419. The summed E-state index contributed by atoms with van der Waals surface area (Å²) in [6.45, 7) is 7.01. The maximum absolute atomic E-state index is 14.0. The van der Waals surface area contributed by atoms with Gasteiger partial charge in [-0.2, -0.15) is 0 Å². The van der Waals surface area contributed by atoms with Crippen molar-refractivity contribution in [3.05, 3.63) is 29.6 Å². The molecule has 0 fully saturated rings. The molecule has 0 bridgehead atoms. The van der Waals surface area contributed by atoms with Crippen LogP contribution in [0.15, 0.2) is 18.2 Å². The predicted molar refractivity (Wildman–Crippen MR) is 76.8 cm³/mol. The second-order valence-corrected chi connectivity index (χ2v) is 5.68. The molecular formula is C15H25FN2O. The van der Waals surface area contributed by atoms with Gasteiger partial charge in [-0.25, -0.2) is 4.39 Å². The van der Waals surface area contributed by atoms with E-state index < -0.39 is 0 Å². The van der Waals surface area contributed by atoms with Crippen LogP contribution in [0.3, 0.4) is 0 Å². The smallest absolute Gasteiger partial charge is 0.165 e. The number of hydrogen-bond acceptors (Lipinski definition) is 3. The van der Waals surface area contributed by atoms with Crippen molar-refractivity contribution < 1.29 is 9.13 Å². The molecule has 0 saturated carbocycles. The van der Waals surface area contributed by atoms with Gasteiger partial charge in [0.15, 0.2) is 11.6 Å². The van der Waals surface area contributed by atoms with Crippen LogP contribution < -0.4 is 10.5 Å². The Morgan fingerprint density at radius 3 is 2.42 bits per heavy atom. The first-order valence-electron chi connectivity index (χ1n) is 6.62. The van der Waals surface area contributed by atoms with Gasteiger partial charge < -0.3 is 15.4 Å². The standard InChI is InChI=1S/C15H25FN2O/c1-6-19-13-8-7-11(9-12(13)16)14(18(4)5)15(2,3)10-17/h7-9,14H,6,10,17H2,1-5H3. The van der Waals surface area contributed by atoms with Crippen LogP contribution in [0.4, 0.5) is 4.39 Å². The highest BCUT2D eigenvalue weighted by molar-refractivity contribution is 5.32. The molecule has 2 N–H and O–H groups in total. The molecular weight excluding hydrogens is 243 g/mol. The summed E-state index contributed by atoms with van der Waals surface area (Å²) in [5.41, 5.74) is 6.63. The maximum Gasteiger partial charge on any atom is 0.165 e. The van der Waals surface area contributed by atoms with Crippen molar-refractivity contribution in [3.8, 4) is 5.75 Å². The lowest BCUT2D eigenvalue weighted by atomic mass is 9.80. The average molecular weight is 268 g/mol. The predicted octanol–water partition coefficient (Wildman–Crippen LogP) is 2.81. The van der Waals surface area contributed by atoms with Crippen molar-refractivity contribution in [1.82, 2.24) is 4.90 Å². The molecule has 0 saturated heterocycles. The zero-order valence-electron chi connectivity index (χ0n) is 12.5. The van der Waals surface area contributed by atoms with Gasteiger partial charge in [0, 0.05) is 6.04 Å². The molecule has 1 rings (SSSR count). The Kier molecular flexibility index (Phi) is 5.32. The zero-order chi connectivity index (χ0) is 14.6. The molecule has 0 aliphatic heterocycles. The first-order valence-corrected chi connectivity index (χ1v) is 6.62. The minimum Gasteiger partial charge on any atom is -0.491 e. The summed E-state index contributed by atoms with van der Waals surface area (Å²) < 4.78 is 19.2. The Labute approximate surface area is 115 Å². The van der Waals surface area contributed by atoms with E-state index >= 15 is 0 Å². The largest absolute Gasteiger partial charge is 0.491 e. The normalized spacial score (nSPS) is 13.7. The van der Waals surface area contributed by atoms with Crippen LogP contribution >= 0.6 is 0 Å². The molecule has 1 atom stereocenters. The lowest BCUT2D eigenvalue weighted by molar-refractivity contribution is 0.143. The Hall–Kier alpha value is -1.13. The number of ether oxygens (including phenoxy) is 1. The summed E-state index contributed by atoms with van der Waals surface area (Å²) in [6.07, 6.45) is 0. The van der Waals surface area contributed by atoms with Gasteiger partial charge in [0.2, 0.25) is 0 Å². The van der Waals surface area contributed by atoms with E-state index in [1.165, 1.54) is 0 Å². The number of halogens is 1. The molecule has 108 valence electrons. The van der Waals surface area contributed by atoms with E-state index in [1.54, 1.807) is 12.1 Å². The van der Waals surface area contributed by atoms with E-state index in [0.717, 1.165) is 5.56 Å². The van der Waals surface area contributed by atoms with Crippen molar-refractivity contribution in [1.29, 1.82) is 0 Å². The molecule has 4 heteroatoms. The van der Waals surface area contributed by atoms with Gasteiger partial charge in [0.25, 0.3) is 0 Å². The van der Waals surface area contributed by atoms with Gasteiger partial charge in [0.1, 0.15) is 0 Å². The van der Waals surface area contributed by atoms with Crippen molar-refractivity contribution in [2.45, 2.75) is 26.8 Å². The Balaban J connectivity index is 3.15. The number of nitrogens with zero attached hydrogens (tertiary/aromatic N) is 1. The molecule has 0 aliphatic carbocycles. The number of benzene rings is 1. The van der Waals surface area contributed by atoms with E-state index in [4.69, 9.17) is 10.5 Å². The summed E-state index contributed by atoms with van der Waals surface area (Å²) >= 11 is 0. The summed E-state index contributed by atoms with van der Waals surface area (Å²) in [5, 5.41) is 0. The number of hydrogen-bond donors (Lipinski definition) is 1. The lowest BCUT2D eigenvalue weighted by Gasteiger charge is -2.38. The van der Waals surface area contributed by atoms with Gasteiger partial charge in [-0.15, -0.1) is 0 Å². The van der Waals surface area contributed by atoms with Crippen LogP contribution in [0.5, 0.6) is 5.75 Å². The van der Waals surface area contributed by atoms with Gasteiger partial charge >= 0.3 is 0 Å². The first kappa shape index (κ1) is 15.9. The molecule has 0 spiro atoms. The topological polar surface area (TPSA) is 38.5 Å². The van der Waals surface area contributed by atoms with E-state index in [-0.39, 0.29) is 17.3 Å². The van der Waals surface area contributed by atoms with Crippen LogP contribution in [-0.2, 0) is 0 Å². The van der Waals surface area contributed by atoms with Gasteiger partial charge in [-0.1, -0.05) is 19.9 Å². The summed E-state index contributed by atoms with van der Waals surface area (Å²) in [6, 6.07) is 5.21. The van der Waals surface area contributed by atoms with E-state index in [1.807, 2.05) is 27.1 Å². The van der Waals surface area contributed by atoms with Crippen molar-refractivity contribution in [2.75, 3.05) is 27.2 Å². The van der Waals surface area contributed by atoms with Crippen molar-refractivity contribution >= 4 is 0 Å². The van der Waals surface area contributed by atoms with Gasteiger partial charge in [-0.3, -0.25) is 0 Å². The fraction of sp³-hybridized carbons (Fsp3) is 0.600. The minimum atomic E-state index is -0.320. The third kappa shape index (κ3) is 3.67. The van der Waals surface area contributed by atoms with Crippen molar-refractivity contribution in [3.63, 3.8) is 0 Å². The zero-order valence-corrected chi connectivity index (χ0v) is 12.5. The second kappa shape index (κ2) is 6.35. The van der Waals surface area contributed by atoms with E-state index in [0.29, 0.717) is 18.9 Å². The highest BCUT2D eigenvalue weighted by Crippen LogP contribution is 2.37. The maximum atomic E-state index is 14.0. The highest BCUT2D eigenvalue weighted by atomic mass is 19.1. The fourth-order valence-corrected chi connectivity index (χ4v) is 2.52. The van der Waals surface area contributed by atoms with E-state index in [9.17, 15) is 4.39 Å². The van der Waals surface area contributed by atoms with Crippen molar-refractivity contribution in [2.24, 2.45) is 11.1 Å². The monoisotopic (exact) mass is 268 g/mol. The summed E-state index contributed by atoms with van der Waals surface area (Å²) in [4.78, 5) is 2.07. The highest BCUT2D eigenvalue weighted by Gasteiger charge is 2.31. The average Bonchev–Trinajstić information content (AvgIpc) is 2.32. The number of rotatable bonds is 6. The minimum absolute atomic E-state index is 0.0580. The molecule has 1 unspecified atom stereocenters. The van der Waals surface area contributed by atoms with Crippen LogP contribution in [0.2, 0.25) is 0 Å². The third-order valence-electron chi connectivity index (χ3n) is 3.35. The lowest BCUT2D eigenvalue weighted by Crippen LogP contribution is -2.38. The summed E-state index contributed by atoms with van der Waals surface area (Å²) in [7, 11) is 3.97. The molecule has 0 aromatic heterocycles. The van der Waals surface area contributed by atoms with Gasteiger partial charge in [0.05, 0.1) is 6.61 Å². The summed E-state index contributed by atoms with van der Waals surface area (Å²) in [5.74, 6) is -0.0201. The molecule has 1 aromatic rings.